The maximum Gasteiger partial charge on any atom is 0.226 e. The molecule has 1 aliphatic rings. The van der Waals surface area contributed by atoms with E-state index in [2.05, 4.69) is 29.9 Å². The lowest BCUT2D eigenvalue weighted by Crippen LogP contribution is -2.53. The zero-order valence-corrected chi connectivity index (χ0v) is 17.0. The number of aryl methyl sites for hydroxylation is 1. The van der Waals surface area contributed by atoms with Crippen LogP contribution in [-0.4, -0.2) is 35.9 Å². The number of nitrogens with zero attached hydrogens (tertiary/aromatic N) is 3. The first kappa shape index (κ1) is 21.2. The molecule has 1 heterocycles. The first-order chi connectivity index (χ1) is 11.3. The maximum absolute atomic E-state index is 5.86. The third-order valence-electron chi connectivity index (χ3n) is 3.89. The van der Waals surface area contributed by atoms with Gasteiger partial charge in [-0.2, -0.15) is 10.1 Å². The van der Waals surface area contributed by atoms with Crippen LogP contribution in [0.4, 0.5) is 0 Å². The number of aliphatic imine (C=N–C) groups is 2. The minimum Gasteiger partial charge on any atom is -0.493 e. The Kier molecular flexibility index (Phi) is 7.69. The molecule has 0 aromatic heterocycles. The number of hydrogen-bond donors (Lipinski definition) is 2. The number of benzene rings is 1. The zero-order chi connectivity index (χ0) is 17.7. The highest BCUT2D eigenvalue weighted by atomic mass is 79.9. The topological polar surface area (TPSA) is 98.5 Å². The predicted molar refractivity (Wildman–Crippen MR) is 106 cm³/mol. The fourth-order valence-corrected chi connectivity index (χ4v) is 2.44. The minimum absolute atomic E-state index is 0. The molecule has 0 saturated carbocycles. The molecule has 4 N–H and O–H groups in total. The van der Waals surface area contributed by atoms with Crippen molar-refractivity contribution in [1.29, 1.82) is 0 Å². The molecule has 0 bridgehead atoms. The maximum atomic E-state index is 5.86. The Hall–Kier alpha value is -1.80. The quantitative estimate of drug-likeness (QED) is 0.669. The summed E-state index contributed by atoms with van der Waals surface area (Å²) in [6, 6.07) is 6.08. The van der Waals surface area contributed by atoms with Crippen LogP contribution in [0.3, 0.4) is 0 Å². The van der Waals surface area contributed by atoms with Crippen molar-refractivity contribution in [3.63, 3.8) is 0 Å². The van der Waals surface area contributed by atoms with Gasteiger partial charge in [0.2, 0.25) is 11.9 Å². The molecule has 0 fully saturated rings. The Morgan fingerprint density at radius 1 is 1.12 bits per heavy atom. The second-order valence-electron chi connectivity index (χ2n) is 6.32. The van der Waals surface area contributed by atoms with E-state index in [4.69, 9.17) is 21.0 Å². The van der Waals surface area contributed by atoms with Gasteiger partial charge in [0.15, 0.2) is 5.66 Å². The molecule has 8 heteroatoms. The Bertz CT molecular complexity index is 646. The summed E-state index contributed by atoms with van der Waals surface area (Å²) >= 11 is 0. The van der Waals surface area contributed by atoms with E-state index in [1.54, 1.807) is 0 Å². The fourth-order valence-electron chi connectivity index (χ4n) is 2.44. The van der Waals surface area contributed by atoms with E-state index in [0.29, 0.717) is 13.2 Å². The molecule has 1 aromatic rings. The van der Waals surface area contributed by atoms with Crippen molar-refractivity contribution < 1.29 is 9.57 Å². The smallest absolute Gasteiger partial charge is 0.226 e. The number of unbranched alkanes of at least 4 members (excludes halogenated alkanes) is 1. The number of hydrogen-bond acceptors (Lipinski definition) is 7. The molecule has 0 saturated heterocycles. The second-order valence-corrected chi connectivity index (χ2v) is 6.32. The summed E-state index contributed by atoms with van der Waals surface area (Å²) in [6.07, 6.45) is 1.72. The Balaban J connectivity index is 0.00000312. The van der Waals surface area contributed by atoms with Crippen LogP contribution < -0.4 is 16.2 Å². The molecule has 7 nitrogen and oxygen atoms in total. The van der Waals surface area contributed by atoms with Crippen molar-refractivity contribution in [2.75, 3.05) is 13.2 Å². The number of nitrogens with two attached hydrogens (primary N) is 2. The van der Waals surface area contributed by atoms with Crippen LogP contribution in [0, 0.1) is 13.8 Å². The normalized spacial score (nSPS) is 15.9. The van der Waals surface area contributed by atoms with Gasteiger partial charge in [0.25, 0.3) is 0 Å². The van der Waals surface area contributed by atoms with Gasteiger partial charge >= 0.3 is 0 Å². The van der Waals surface area contributed by atoms with Gasteiger partial charge in [-0.1, -0.05) is 12.1 Å². The molecule has 25 heavy (non-hydrogen) atoms. The molecule has 2 rings (SSSR count). The first-order valence-electron chi connectivity index (χ1n) is 8.13. The monoisotopic (exact) mass is 413 g/mol. The van der Waals surface area contributed by atoms with Crippen molar-refractivity contribution in [2.45, 2.75) is 46.2 Å². The molecule has 0 amide bonds. The molecule has 0 aliphatic carbocycles. The molecule has 140 valence electrons. The van der Waals surface area contributed by atoms with Crippen molar-refractivity contribution in [1.82, 2.24) is 5.06 Å². The van der Waals surface area contributed by atoms with Gasteiger partial charge in [-0.15, -0.1) is 17.0 Å². The van der Waals surface area contributed by atoms with Crippen LogP contribution >= 0.6 is 17.0 Å². The van der Waals surface area contributed by atoms with Gasteiger partial charge < -0.3 is 16.2 Å². The van der Waals surface area contributed by atoms with Crippen LogP contribution in [0.2, 0.25) is 0 Å². The summed E-state index contributed by atoms with van der Waals surface area (Å²) in [5.41, 5.74) is 13.2. The Labute approximate surface area is 159 Å². The highest BCUT2D eigenvalue weighted by Crippen LogP contribution is 2.21. The van der Waals surface area contributed by atoms with E-state index in [9.17, 15) is 0 Å². The number of hydroxylamine groups is 2. The van der Waals surface area contributed by atoms with Gasteiger partial charge in [0.05, 0.1) is 13.2 Å². The third kappa shape index (κ3) is 5.61. The number of halogens is 1. The third-order valence-corrected chi connectivity index (χ3v) is 3.89. The summed E-state index contributed by atoms with van der Waals surface area (Å²) in [6.45, 7) is 9.03. The van der Waals surface area contributed by atoms with E-state index in [1.807, 2.05) is 26.0 Å². The molecule has 0 atom stereocenters. The van der Waals surface area contributed by atoms with Crippen LogP contribution in [0.1, 0.15) is 37.8 Å². The molecule has 0 spiro atoms. The Morgan fingerprint density at radius 3 is 2.48 bits per heavy atom. The van der Waals surface area contributed by atoms with Crippen LogP contribution in [-0.2, 0) is 4.84 Å². The van der Waals surface area contributed by atoms with Gasteiger partial charge in [-0.25, -0.2) is 4.99 Å². The summed E-state index contributed by atoms with van der Waals surface area (Å²) in [7, 11) is 0. The van der Waals surface area contributed by atoms with Crippen LogP contribution in [0.15, 0.2) is 28.2 Å². The molecule has 1 aliphatic heterocycles. The van der Waals surface area contributed by atoms with Crippen molar-refractivity contribution in [3.8, 4) is 5.75 Å². The van der Waals surface area contributed by atoms with E-state index < -0.39 is 5.66 Å². The number of guanidine groups is 2. The summed E-state index contributed by atoms with van der Waals surface area (Å²) in [5, 5.41) is 1.49. The van der Waals surface area contributed by atoms with Crippen molar-refractivity contribution in [3.05, 3.63) is 29.3 Å². The van der Waals surface area contributed by atoms with Gasteiger partial charge in [0, 0.05) is 0 Å². The SMILES string of the molecule is Br.Cc1cccc(OCCCCON2C(N)=NC(N)=NC2(C)C)c1C. The van der Waals surface area contributed by atoms with Gasteiger partial charge in [-0.3, -0.25) is 4.84 Å². The van der Waals surface area contributed by atoms with E-state index >= 15 is 0 Å². The highest BCUT2D eigenvalue weighted by molar-refractivity contribution is 8.93. The first-order valence-corrected chi connectivity index (χ1v) is 8.13. The number of ether oxygens (including phenoxy) is 1. The lowest BCUT2D eigenvalue weighted by atomic mass is 10.1. The van der Waals surface area contributed by atoms with Crippen LogP contribution in [0.25, 0.3) is 0 Å². The van der Waals surface area contributed by atoms with E-state index in [-0.39, 0.29) is 28.9 Å². The number of rotatable bonds is 7. The largest absolute Gasteiger partial charge is 0.493 e. The predicted octanol–water partition coefficient (Wildman–Crippen LogP) is 2.65. The zero-order valence-electron chi connectivity index (χ0n) is 15.3. The average molecular weight is 414 g/mol. The minimum atomic E-state index is -0.662. The lowest BCUT2D eigenvalue weighted by Gasteiger charge is -2.36. The van der Waals surface area contributed by atoms with E-state index in [1.165, 1.54) is 16.2 Å². The van der Waals surface area contributed by atoms with E-state index in [0.717, 1.165) is 18.6 Å². The van der Waals surface area contributed by atoms with Crippen molar-refractivity contribution in [2.24, 2.45) is 21.5 Å². The lowest BCUT2D eigenvalue weighted by molar-refractivity contribution is -0.157. The standard InChI is InChI=1S/C17H27N5O2.BrH/c1-12-8-7-9-14(13(12)2)23-10-5-6-11-24-22-16(19)20-15(18)21-17(22,3)4;/h7-9H,5-6,10-11H2,1-4H3,(H4,18,19,20,21);1H. The van der Waals surface area contributed by atoms with Crippen LogP contribution in [0.5, 0.6) is 5.75 Å². The Morgan fingerprint density at radius 2 is 1.80 bits per heavy atom. The van der Waals surface area contributed by atoms with Gasteiger partial charge in [0.1, 0.15) is 5.75 Å². The molecule has 0 radical (unpaired) electrons. The summed E-state index contributed by atoms with van der Waals surface area (Å²) in [5.74, 6) is 1.33. The fraction of sp³-hybridized carbons (Fsp3) is 0.529. The van der Waals surface area contributed by atoms with Gasteiger partial charge in [-0.05, 0) is 57.7 Å². The summed E-state index contributed by atoms with van der Waals surface area (Å²) < 4.78 is 5.83. The average Bonchev–Trinajstić information content (AvgIpc) is 2.48. The molecule has 0 unspecified atom stereocenters. The highest BCUT2D eigenvalue weighted by Gasteiger charge is 2.32. The van der Waals surface area contributed by atoms with Crippen molar-refractivity contribution >= 4 is 28.9 Å². The summed E-state index contributed by atoms with van der Waals surface area (Å²) in [4.78, 5) is 13.9. The second kappa shape index (κ2) is 9.05. The molecular weight excluding hydrogens is 386 g/mol. The molecule has 1 aromatic carbocycles. The molecular formula is C17H28BrN5O2.